The lowest BCUT2D eigenvalue weighted by Crippen LogP contribution is -2.34. The molecule has 0 unspecified atom stereocenters. The minimum atomic E-state index is -0.174. The van der Waals surface area contributed by atoms with E-state index >= 15 is 0 Å². The Bertz CT molecular complexity index is 537. The van der Waals surface area contributed by atoms with Crippen LogP contribution in [0.4, 0.5) is 5.69 Å². The molecule has 1 atom stereocenters. The molecule has 0 radical (unpaired) electrons. The van der Waals surface area contributed by atoms with Crippen LogP contribution in [-0.4, -0.2) is 24.5 Å². The fourth-order valence-electron chi connectivity index (χ4n) is 2.22. The quantitative estimate of drug-likeness (QED) is 0.866. The lowest BCUT2D eigenvalue weighted by atomic mass is 10.1. The molecule has 0 bridgehead atoms. The number of ether oxygens (including phenoxy) is 1. The molecule has 100 valence electrons. The van der Waals surface area contributed by atoms with E-state index in [9.17, 15) is 9.59 Å². The Labute approximate surface area is 111 Å². The molecule has 5 nitrogen and oxygen atoms in total. The van der Waals surface area contributed by atoms with Crippen molar-refractivity contribution in [1.29, 1.82) is 0 Å². The summed E-state index contributed by atoms with van der Waals surface area (Å²) in [5.41, 5.74) is 1.17. The summed E-state index contributed by atoms with van der Waals surface area (Å²) < 4.78 is 5.30. The lowest BCUT2D eigenvalue weighted by molar-refractivity contribution is -0.118. The molecular formula is C14H16N2O3. The summed E-state index contributed by atoms with van der Waals surface area (Å²) >= 11 is 0. The van der Waals surface area contributed by atoms with Gasteiger partial charge < -0.3 is 15.4 Å². The highest BCUT2D eigenvalue weighted by molar-refractivity contribution is 5.99. The summed E-state index contributed by atoms with van der Waals surface area (Å²) in [4.78, 5) is 23.2. The lowest BCUT2D eigenvalue weighted by Gasteiger charge is -2.19. The molecule has 19 heavy (non-hydrogen) atoms. The summed E-state index contributed by atoms with van der Waals surface area (Å²) in [6.07, 6.45) is 2.39. The van der Waals surface area contributed by atoms with Crippen molar-refractivity contribution < 1.29 is 14.3 Å². The third-order valence-electron chi connectivity index (χ3n) is 3.56. The van der Waals surface area contributed by atoms with E-state index in [-0.39, 0.29) is 24.5 Å². The van der Waals surface area contributed by atoms with Crippen LogP contribution in [0.1, 0.15) is 30.1 Å². The van der Waals surface area contributed by atoms with Crippen molar-refractivity contribution in [3.63, 3.8) is 0 Å². The Kier molecular flexibility index (Phi) is 2.89. The molecule has 2 aliphatic rings. The van der Waals surface area contributed by atoms with Crippen LogP contribution in [0.2, 0.25) is 0 Å². The van der Waals surface area contributed by atoms with Gasteiger partial charge in [0.1, 0.15) is 5.75 Å². The van der Waals surface area contributed by atoms with E-state index in [0.29, 0.717) is 22.9 Å². The molecule has 1 aromatic rings. The first-order valence-electron chi connectivity index (χ1n) is 6.51. The SMILES string of the molecule is C[C@@H](NC(=O)c1ccc2c(c1)OCC(=O)N2)C1CC1. The van der Waals surface area contributed by atoms with Gasteiger partial charge in [0.2, 0.25) is 0 Å². The Hall–Kier alpha value is -2.04. The first-order chi connectivity index (χ1) is 9.13. The van der Waals surface area contributed by atoms with Gasteiger partial charge >= 0.3 is 0 Å². The van der Waals surface area contributed by atoms with E-state index in [1.54, 1.807) is 18.2 Å². The van der Waals surface area contributed by atoms with E-state index < -0.39 is 0 Å². The van der Waals surface area contributed by atoms with Crippen molar-refractivity contribution in [2.24, 2.45) is 5.92 Å². The zero-order valence-corrected chi connectivity index (χ0v) is 10.7. The van der Waals surface area contributed by atoms with Crippen LogP contribution in [0, 0.1) is 5.92 Å². The van der Waals surface area contributed by atoms with Crippen LogP contribution >= 0.6 is 0 Å². The van der Waals surface area contributed by atoms with Crippen molar-refractivity contribution in [2.45, 2.75) is 25.8 Å². The third kappa shape index (κ3) is 2.54. The Morgan fingerprint density at radius 1 is 1.47 bits per heavy atom. The predicted molar refractivity (Wildman–Crippen MR) is 70.2 cm³/mol. The molecule has 0 saturated heterocycles. The monoisotopic (exact) mass is 260 g/mol. The number of hydrogen-bond donors (Lipinski definition) is 2. The van der Waals surface area contributed by atoms with Crippen LogP contribution in [0.25, 0.3) is 0 Å². The van der Waals surface area contributed by atoms with Gasteiger partial charge in [-0.3, -0.25) is 9.59 Å². The number of benzene rings is 1. The standard InChI is InChI=1S/C14H16N2O3/c1-8(9-2-3-9)15-14(18)10-4-5-11-12(6-10)19-7-13(17)16-11/h4-6,8-9H,2-3,7H2,1H3,(H,15,18)(H,16,17)/t8-/m1/s1. The molecule has 1 saturated carbocycles. The number of amides is 2. The van der Waals surface area contributed by atoms with Gasteiger partial charge in [-0.25, -0.2) is 0 Å². The number of hydrogen-bond acceptors (Lipinski definition) is 3. The molecule has 1 heterocycles. The molecule has 0 aromatic heterocycles. The maximum atomic E-state index is 12.1. The second-order valence-electron chi connectivity index (χ2n) is 5.15. The van der Waals surface area contributed by atoms with Crippen molar-refractivity contribution in [2.75, 3.05) is 11.9 Å². The largest absolute Gasteiger partial charge is 0.482 e. The number of nitrogens with one attached hydrogen (secondary N) is 2. The molecule has 1 aliphatic carbocycles. The molecule has 1 fully saturated rings. The fraction of sp³-hybridized carbons (Fsp3) is 0.429. The summed E-state index contributed by atoms with van der Waals surface area (Å²) in [5.74, 6) is 0.901. The summed E-state index contributed by atoms with van der Waals surface area (Å²) in [7, 11) is 0. The van der Waals surface area contributed by atoms with E-state index in [4.69, 9.17) is 4.74 Å². The van der Waals surface area contributed by atoms with Crippen molar-refractivity contribution in [3.8, 4) is 5.75 Å². The van der Waals surface area contributed by atoms with Gasteiger partial charge in [0.25, 0.3) is 11.8 Å². The number of carbonyl (C=O) groups is 2. The van der Waals surface area contributed by atoms with E-state index in [2.05, 4.69) is 10.6 Å². The number of fused-ring (bicyclic) bond motifs is 1. The molecule has 3 rings (SSSR count). The third-order valence-corrected chi connectivity index (χ3v) is 3.56. The van der Waals surface area contributed by atoms with Crippen LogP contribution in [0.3, 0.4) is 0 Å². The average molecular weight is 260 g/mol. The van der Waals surface area contributed by atoms with Crippen molar-refractivity contribution in [3.05, 3.63) is 23.8 Å². The number of anilines is 1. The molecule has 0 spiro atoms. The first-order valence-corrected chi connectivity index (χ1v) is 6.51. The maximum Gasteiger partial charge on any atom is 0.262 e. The summed E-state index contributed by atoms with van der Waals surface area (Å²) in [6, 6.07) is 5.28. The van der Waals surface area contributed by atoms with Crippen LogP contribution < -0.4 is 15.4 Å². The highest BCUT2D eigenvalue weighted by Gasteiger charge is 2.29. The van der Waals surface area contributed by atoms with Gasteiger partial charge in [-0.2, -0.15) is 0 Å². The minimum absolute atomic E-state index is 0.00342. The topological polar surface area (TPSA) is 67.4 Å². The zero-order chi connectivity index (χ0) is 13.4. The average Bonchev–Trinajstić information content (AvgIpc) is 3.22. The maximum absolute atomic E-state index is 12.1. The van der Waals surface area contributed by atoms with E-state index in [1.165, 1.54) is 12.8 Å². The molecule has 5 heteroatoms. The van der Waals surface area contributed by atoms with E-state index in [1.807, 2.05) is 6.92 Å². The van der Waals surface area contributed by atoms with Gasteiger partial charge in [0.15, 0.2) is 6.61 Å². The van der Waals surface area contributed by atoms with Gasteiger partial charge in [-0.15, -0.1) is 0 Å². The second kappa shape index (κ2) is 4.57. The first kappa shape index (κ1) is 12.0. The minimum Gasteiger partial charge on any atom is -0.482 e. The Morgan fingerprint density at radius 2 is 2.26 bits per heavy atom. The van der Waals surface area contributed by atoms with Crippen LogP contribution in [0.5, 0.6) is 5.75 Å². The highest BCUT2D eigenvalue weighted by atomic mass is 16.5. The van der Waals surface area contributed by atoms with Crippen molar-refractivity contribution >= 4 is 17.5 Å². The Morgan fingerprint density at radius 3 is 3.00 bits per heavy atom. The second-order valence-corrected chi connectivity index (χ2v) is 5.15. The zero-order valence-electron chi connectivity index (χ0n) is 10.7. The van der Waals surface area contributed by atoms with Crippen molar-refractivity contribution in [1.82, 2.24) is 5.32 Å². The molecule has 2 amide bonds. The normalized spacial score (nSPS) is 18.9. The Balaban J connectivity index is 1.74. The fourth-order valence-corrected chi connectivity index (χ4v) is 2.22. The van der Waals surface area contributed by atoms with Gasteiger partial charge in [0.05, 0.1) is 5.69 Å². The van der Waals surface area contributed by atoms with Crippen LogP contribution in [-0.2, 0) is 4.79 Å². The molecule has 1 aromatic carbocycles. The molecular weight excluding hydrogens is 244 g/mol. The van der Waals surface area contributed by atoms with Gasteiger partial charge in [0, 0.05) is 11.6 Å². The highest BCUT2D eigenvalue weighted by Crippen LogP contribution is 2.33. The van der Waals surface area contributed by atoms with Gasteiger partial charge in [-0.05, 0) is 43.9 Å². The number of rotatable bonds is 3. The number of carbonyl (C=O) groups excluding carboxylic acids is 2. The predicted octanol–water partition coefficient (Wildman–Crippen LogP) is 1.55. The molecule has 1 aliphatic heterocycles. The summed E-state index contributed by atoms with van der Waals surface area (Å²) in [5, 5.41) is 5.69. The smallest absolute Gasteiger partial charge is 0.262 e. The van der Waals surface area contributed by atoms with Gasteiger partial charge in [-0.1, -0.05) is 0 Å². The molecule has 2 N–H and O–H groups in total. The van der Waals surface area contributed by atoms with Crippen LogP contribution in [0.15, 0.2) is 18.2 Å². The van der Waals surface area contributed by atoms with E-state index in [0.717, 1.165) is 0 Å². The summed E-state index contributed by atoms with van der Waals surface area (Å²) in [6.45, 7) is 2.03.